The smallest absolute Gasteiger partial charge is 0.237 e. The number of hydrogen-bond acceptors (Lipinski definition) is 8. The first-order valence-electron chi connectivity index (χ1n) is 14.9. The molecule has 0 saturated heterocycles. The van der Waals surface area contributed by atoms with Crippen molar-refractivity contribution in [3.8, 4) is 0 Å². The summed E-state index contributed by atoms with van der Waals surface area (Å²) in [5.41, 5.74) is 0.276. The van der Waals surface area contributed by atoms with E-state index in [9.17, 15) is 9.28 Å². The highest BCUT2D eigenvalue weighted by atomic mass is 127. The van der Waals surface area contributed by atoms with Gasteiger partial charge in [0.25, 0.3) is 0 Å². The Bertz CT molecular complexity index is 689. The van der Waals surface area contributed by atoms with Gasteiger partial charge in [0, 0.05) is 23.1 Å². The van der Waals surface area contributed by atoms with E-state index in [1.165, 1.54) is 22.9 Å². The van der Waals surface area contributed by atoms with Gasteiger partial charge in [-0.15, -0.1) is 4.48 Å². The van der Waals surface area contributed by atoms with Crippen molar-refractivity contribution in [3.63, 3.8) is 0 Å². The van der Waals surface area contributed by atoms with Gasteiger partial charge in [-0.2, -0.15) is 0 Å². The Balaban J connectivity index is 5.12. The lowest BCUT2D eigenvalue weighted by atomic mass is 10.0. The molecule has 0 spiro atoms. The van der Waals surface area contributed by atoms with E-state index in [0.717, 1.165) is 12.8 Å². The van der Waals surface area contributed by atoms with E-state index in [2.05, 4.69) is 33.1 Å². The molecule has 41 heavy (non-hydrogen) atoms. The molecule has 11 heteroatoms. The monoisotopic (exact) mass is 706 g/mol. The van der Waals surface area contributed by atoms with Crippen LogP contribution in [0.15, 0.2) is 0 Å². The van der Waals surface area contributed by atoms with Gasteiger partial charge < -0.3 is 28.4 Å². The highest BCUT2D eigenvalue weighted by molar-refractivity contribution is 14.1. The molecule has 0 heterocycles. The molecule has 0 aromatic carbocycles. The van der Waals surface area contributed by atoms with Gasteiger partial charge in [-0.1, -0.05) is 0 Å². The summed E-state index contributed by atoms with van der Waals surface area (Å²) in [6, 6.07) is 0. The molecule has 0 aromatic heterocycles. The molecule has 0 aromatic rings. The third kappa shape index (κ3) is 23.9. The Morgan fingerprint density at radius 2 is 1.12 bits per heavy atom. The molecule has 1 N–H and O–H groups in total. The van der Waals surface area contributed by atoms with E-state index in [1.807, 2.05) is 55.4 Å². The number of hydrazine groups is 1. The van der Waals surface area contributed by atoms with Gasteiger partial charge in [-0.25, -0.2) is 0 Å². The second-order valence-electron chi connectivity index (χ2n) is 13.6. The maximum Gasteiger partial charge on any atom is 0.237 e. The number of carbonyl (C=O) groups excluding carboxylic acids is 1. The predicted octanol–water partition coefficient (Wildman–Crippen LogP) is 6.90. The summed E-state index contributed by atoms with van der Waals surface area (Å²) >= 11 is 1.36. The van der Waals surface area contributed by atoms with Crippen LogP contribution < -0.4 is 5.43 Å². The van der Waals surface area contributed by atoms with Crippen LogP contribution in [0.2, 0.25) is 0 Å². The Morgan fingerprint density at radius 3 is 1.54 bits per heavy atom. The van der Waals surface area contributed by atoms with Crippen LogP contribution in [-0.4, -0.2) is 83.1 Å². The van der Waals surface area contributed by atoms with E-state index in [-0.39, 0.29) is 39.4 Å². The van der Waals surface area contributed by atoms with Crippen LogP contribution in [0, 0.1) is 0 Å². The van der Waals surface area contributed by atoms with Crippen LogP contribution in [0.25, 0.3) is 0 Å². The molecule has 0 radical (unpaired) electrons. The summed E-state index contributed by atoms with van der Waals surface area (Å²) in [4.78, 5) is 11.8. The molecule has 1 amide bonds. The van der Waals surface area contributed by atoms with Crippen LogP contribution in [0.5, 0.6) is 0 Å². The summed E-state index contributed by atoms with van der Waals surface area (Å²) in [5.74, 6) is -0.400. The lowest BCUT2D eigenvalue weighted by Crippen LogP contribution is -2.42. The molecular weight excluding hydrogens is 646 g/mol. The van der Waals surface area contributed by atoms with Crippen molar-refractivity contribution >= 4 is 28.8 Å². The van der Waals surface area contributed by atoms with E-state index in [1.54, 1.807) is 0 Å². The first-order valence-corrected chi connectivity index (χ1v) is 15.8. The van der Waals surface area contributed by atoms with Crippen molar-refractivity contribution < 1.29 is 37.7 Å². The van der Waals surface area contributed by atoms with Crippen LogP contribution in [0.1, 0.15) is 115 Å². The van der Waals surface area contributed by atoms with Crippen molar-refractivity contribution in [2.45, 2.75) is 156 Å². The molecule has 9 nitrogen and oxygen atoms in total. The second kappa shape index (κ2) is 19.3. The average molecular weight is 707 g/mol. The van der Waals surface area contributed by atoms with E-state index < -0.39 is 17.1 Å². The number of nitrogens with zero attached hydrogens (tertiary/aromatic N) is 1. The van der Waals surface area contributed by atoms with Crippen molar-refractivity contribution in [1.82, 2.24) is 8.87 Å². The SMILES string of the molecule is CC(C)OCCC(C)(C)OCC(COC(C)(C)CCOC(C)C)OC(C)(C)CCOC(C)(C)CCC(=O)NN(F)I. The fourth-order valence-corrected chi connectivity index (χ4v) is 3.97. The second-order valence-corrected chi connectivity index (χ2v) is 14.5. The first-order chi connectivity index (χ1) is 18.6. The van der Waals surface area contributed by atoms with Crippen LogP contribution in [0.4, 0.5) is 4.48 Å². The lowest BCUT2D eigenvalue weighted by Gasteiger charge is -2.36. The van der Waals surface area contributed by atoms with E-state index in [0.29, 0.717) is 45.9 Å². The molecular formula is C30H60FIN2O7. The van der Waals surface area contributed by atoms with Crippen LogP contribution in [0.3, 0.4) is 0 Å². The fraction of sp³-hybridized carbons (Fsp3) is 0.967. The Kier molecular flexibility index (Phi) is 19.2. The Morgan fingerprint density at radius 1 is 0.707 bits per heavy atom. The summed E-state index contributed by atoms with van der Waals surface area (Å²) in [7, 11) is 0. The van der Waals surface area contributed by atoms with Crippen LogP contribution >= 0.6 is 22.9 Å². The van der Waals surface area contributed by atoms with Gasteiger partial charge in [0.1, 0.15) is 6.10 Å². The Labute approximate surface area is 263 Å². The number of nitrogens with one attached hydrogen (secondary N) is 1. The first kappa shape index (κ1) is 40.9. The third-order valence-corrected chi connectivity index (χ3v) is 6.72. The molecule has 0 aliphatic carbocycles. The van der Waals surface area contributed by atoms with Gasteiger partial charge in [-0.05, 0) is 109 Å². The normalized spacial score (nSPS) is 13.7. The highest BCUT2D eigenvalue weighted by Gasteiger charge is 2.30. The molecule has 0 atom stereocenters. The maximum absolute atomic E-state index is 12.8. The van der Waals surface area contributed by atoms with Crippen LogP contribution in [-0.2, 0) is 33.2 Å². The average Bonchev–Trinajstić information content (AvgIpc) is 2.78. The van der Waals surface area contributed by atoms with Gasteiger partial charge in [0.2, 0.25) is 5.91 Å². The predicted molar refractivity (Wildman–Crippen MR) is 169 cm³/mol. The fourth-order valence-electron chi connectivity index (χ4n) is 3.70. The zero-order valence-corrected chi connectivity index (χ0v) is 30.0. The quantitative estimate of drug-likeness (QED) is 0.0659. The van der Waals surface area contributed by atoms with Gasteiger partial charge in [0.05, 0.1) is 77.3 Å². The largest absolute Gasteiger partial charge is 0.379 e. The minimum Gasteiger partial charge on any atom is -0.379 e. The van der Waals surface area contributed by atoms with Gasteiger partial charge in [-0.3, -0.25) is 10.2 Å². The van der Waals surface area contributed by atoms with Crippen molar-refractivity contribution in [3.05, 3.63) is 0 Å². The molecule has 0 saturated carbocycles. The standard InChI is InChI=1S/C30H60FIN2O7/c1-23(2)36-18-15-28(7,8)39-21-25(22-40-29(9,10)16-19-37-24(3)4)41-30(11,12)17-20-38-27(5,6)14-13-26(35)33-34(31)32/h23-25H,13-22H2,1-12H3,(H,33,35). The third-order valence-electron chi connectivity index (χ3n) is 6.48. The maximum atomic E-state index is 12.8. The van der Waals surface area contributed by atoms with Crippen molar-refractivity contribution in [2.24, 2.45) is 0 Å². The minimum atomic E-state index is -0.546. The number of rotatable bonds is 24. The minimum absolute atomic E-state index is 0.124. The van der Waals surface area contributed by atoms with Gasteiger partial charge >= 0.3 is 0 Å². The molecule has 246 valence electrons. The summed E-state index contributed by atoms with van der Waals surface area (Å²) in [6.07, 6.45) is 2.84. The van der Waals surface area contributed by atoms with Crippen molar-refractivity contribution in [1.29, 1.82) is 0 Å². The molecule has 0 rings (SSSR count). The summed E-state index contributed by atoms with van der Waals surface area (Å²) < 4.78 is 49.7. The molecule has 0 aliphatic rings. The van der Waals surface area contributed by atoms with E-state index in [4.69, 9.17) is 28.4 Å². The molecule has 0 bridgehead atoms. The Hall–Kier alpha value is -0.150. The summed E-state index contributed by atoms with van der Waals surface area (Å²) in [6.45, 7) is 26.7. The number of halogens is 2. The topological polar surface area (TPSA) is 87.7 Å². The zero-order valence-electron chi connectivity index (χ0n) is 27.9. The number of ether oxygens (including phenoxy) is 6. The zero-order chi connectivity index (χ0) is 31.9. The molecule has 0 fully saturated rings. The van der Waals surface area contributed by atoms with Gasteiger partial charge in [0.15, 0.2) is 0 Å². The van der Waals surface area contributed by atoms with Crippen molar-refractivity contribution in [2.75, 3.05) is 33.0 Å². The number of amides is 1. The molecule has 0 aliphatic heterocycles. The van der Waals surface area contributed by atoms with E-state index >= 15 is 0 Å². The number of carbonyl (C=O) groups is 1. The summed E-state index contributed by atoms with van der Waals surface area (Å²) in [5, 5.41) is 0. The lowest BCUT2D eigenvalue weighted by molar-refractivity contribution is -0.177. The molecule has 0 unspecified atom stereocenters. The highest BCUT2D eigenvalue weighted by Crippen LogP contribution is 2.25. The number of hydrogen-bond donors (Lipinski definition) is 1.